The number of esters is 1. The van der Waals surface area contributed by atoms with Gasteiger partial charge in [-0.15, -0.1) is 0 Å². The number of alkyl halides is 1. The number of carbonyl (C=O) groups is 1. The number of nitriles is 1. The van der Waals surface area contributed by atoms with Crippen LogP contribution in [0.25, 0.3) is 0 Å². The minimum absolute atomic E-state index is 0.0327. The Bertz CT molecular complexity index is 841. The molecule has 1 unspecified atom stereocenters. The van der Waals surface area contributed by atoms with Gasteiger partial charge in [0.25, 0.3) is 0 Å². The minimum atomic E-state index is -0.719. The molecule has 0 amide bonds. The van der Waals surface area contributed by atoms with Gasteiger partial charge in [-0.05, 0) is 38.0 Å². The van der Waals surface area contributed by atoms with E-state index in [1.165, 1.54) is 7.11 Å². The van der Waals surface area contributed by atoms with E-state index in [1.54, 1.807) is 32.0 Å². The normalized spacial score (nSPS) is 16.3. The highest BCUT2D eigenvalue weighted by atomic mass is 79.9. The molecule has 1 aromatic carbocycles. The van der Waals surface area contributed by atoms with Gasteiger partial charge < -0.3 is 24.7 Å². The zero-order valence-electron chi connectivity index (χ0n) is 16.1. The Morgan fingerprint density at radius 1 is 1.39 bits per heavy atom. The summed E-state index contributed by atoms with van der Waals surface area (Å²) < 4.78 is 21.8. The zero-order valence-corrected chi connectivity index (χ0v) is 17.7. The van der Waals surface area contributed by atoms with Gasteiger partial charge in [-0.2, -0.15) is 5.26 Å². The molecule has 2 rings (SSSR count). The molecule has 1 aliphatic rings. The summed E-state index contributed by atoms with van der Waals surface area (Å²) >= 11 is 3.36. The van der Waals surface area contributed by atoms with E-state index in [9.17, 15) is 10.1 Å². The second-order valence-corrected chi connectivity index (χ2v) is 6.71. The molecule has 0 radical (unpaired) electrons. The van der Waals surface area contributed by atoms with Gasteiger partial charge in [0.05, 0.1) is 31.8 Å². The third kappa shape index (κ3) is 4.60. The number of carbonyl (C=O) groups excluding carboxylic acids is 1. The molecule has 8 heteroatoms. The molecule has 0 saturated heterocycles. The monoisotopic (exact) mass is 450 g/mol. The summed E-state index contributed by atoms with van der Waals surface area (Å²) in [5.41, 5.74) is 6.94. The third-order valence-corrected chi connectivity index (χ3v) is 4.72. The van der Waals surface area contributed by atoms with Crippen molar-refractivity contribution in [3.63, 3.8) is 0 Å². The van der Waals surface area contributed by atoms with E-state index in [-0.39, 0.29) is 23.6 Å². The van der Waals surface area contributed by atoms with E-state index in [1.807, 2.05) is 0 Å². The predicted octanol–water partition coefficient (Wildman–Crippen LogP) is 3.50. The highest BCUT2D eigenvalue weighted by molar-refractivity contribution is 9.09. The third-order valence-electron chi connectivity index (χ3n) is 4.16. The van der Waals surface area contributed by atoms with Crippen LogP contribution in [0, 0.1) is 11.3 Å². The fourth-order valence-corrected chi connectivity index (χ4v) is 3.14. The molecule has 7 nitrogen and oxygen atoms in total. The Kier molecular flexibility index (Phi) is 7.76. The van der Waals surface area contributed by atoms with E-state index >= 15 is 0 Å². The first kappa shape index (κ1) is 21.6. The highest BCUT2D eigenvalue weighted by Gasteiger charge is 2.36. The smallest absolute Gasteiger partial charge is 0.338 e. The molecule has 1 heterocycles. The first-order valence-electron chi connectivity index (χ1n) is 8.80. The predicted molar refractivity (Wildman–Crippen MR) is 107 cm³/mol. The number of hydrogen-bond acceptors (Lipinski definition) is 7. The first-order valence-corrected chi connectivity index (χ1v) is 9.92. The molecule has 0 fully saturated rings. The summed E-state index contributed by atoms with van der Waals surface area (Å²) in [6.45, 7) is 4.06. The second kappa shape index (κ2) is 10.0. The van der Waals surface area contributed by atoms with E-state index in [2.05, 4.69) is 22.0 Å². The van der Waals surface area contributed by atoms with Gasteiger partial charge in [-0.25, -0.2) is 4.79 Å². The van der Waals surface area contributed by atoms with Gasteiger partial charge >= 0.3 is 5.97 Å². The van der Waals surface area contributed by atoms with Crippen molar-refractivity contribution in [3.8, 4) is 17.6 Å². The fraction of sp³-hybridized carbons (Fsp3) is 0.400. The number of rotatable bonds is 8. The summed E-state index contributed by atoms with van der Waals surface area (Å²) in [5.74, 6) is 0.0692. The molecule has 0 bridgehead atoms. The van der Waals surface area contributed by atoms with Crippen LogP contribution < -0.4 is 15.2 Å². The number of methoxy groups -OCH3 is 1. The number of hydrogen-bond donors (Lipinski definition) is 1. The van der Waals surface area contributed by atoms with Crippen molar-refractivity contribution in [2.75, 3.05) is 25.7 Å². The lowest BCUT2D eigenvalue weighted by atomic mass is 9.83. The Morgan fingerprint density at radius 3 is 2.75 bits per heavy atom. The molecule has 2 N–H and O–H groups in total. The van der Waals surface area contributed by atoms with Gasteiger partial charge in [-0.3, -0.25) is 0 Å². The summed E-state index contributed by atoms with van der Waals surface area (Å²) in [6, 6.07) is 7.31. The number of benzene rings is 1. The molecule has 0 aromatic heterocycles. The van der Waals surface area contributed by atoms with Crippen LogP contribution in [0.15, 0.2) is 41.0 Å². The molecule has 1 atom stereocenters. The average Bonchev–Trinajstić information content (AvgIpc) is 2.68. The van der Waals surface area contributed by atoms with E-state index < -0.39 is 11.9 Å². The van der Waals surface area contributed by atoms with Gasteiger partial charge in [0.1, 0.15) is 17.4 Å². The van der Waals surface area contributed by atoms with Crippen LogP contribution in [-0.2, 0) is 14.3 Å². The van der Waals surface area contributed by atoms with Crippen molar-refractivity contribution in [3.05, 3.63) is 46.6 Å². The summed E-state index contributed by atoms with van der Waals surface area (Å²) in [7, 11) is 1.53. The van der Waals surface area contributed by atoms with Crippen molar-refractivity contribution >= 4 is 21.9 Å². The van der Waals surface area contributed by atoms with E-state index in [4.69, 9.17) is 24.7 Å². The number of ether oxygens (including phenoxy) is 4. The highest BCUT2D eigenvalue weighted by Crippen LogP contribution is 2.42. The lowest BCUT2D eigenvalue weighted by Gasteiger charge is -2.27. The van der Waals surface area contributed by atoms with Crippen molar-refractivity contribution in [1.82, 2.24) is 0 Å². The second-order valence-electron chi connectivity index (χ2n) is 5.92. The molecule has 0 aliphatic carbocycles. The molecule has 1 aromatic rings. The molecule has 150 valence electrons. The van der Waals surface area contributed by atoms with Gasteiger partial charge in [0.2, 0.25) is 5.88 Å². The summed E-state index contributed by atoms with van der Waals surface area (Å²) in [4.78, 5) is 12.6. The average molecular weight is 451 g/mol. The van der Waals surface area contributed by atoms with Gasteiger partial charge in [0.15, 0.2) is 11.5 Å². The van der Waals surface area contributed by atoms with Crippen LogP contribution >= 0.6 is 15.9 Å². The van der Waals surface area contributed by atoms with Gasteiger partial charge in [0, 0.05) is 5.33 Å². The Hall–Kier alpha value is -2.66. The van der Waals surface area contributed by atoms with Crippen LogP contribution in [0.3, 0.4) is 0 Å². The lowest BCUT2D eigenvalue weighted by molar-refractivity contribution is -0.139. The molecular formula is C20H23BrN2O5. The van der Waals surface area contributed by atoms with Crippen molar-refractivity contribution in [2.24, 2.45) is 5.73 Å². The number of nitrogens with two attached hydrogens (primary N) is 1. The van der Waals surface area contributed by atoms with Crippen LogP contribution in [0.1, 0.15) is 31.7 Å². The largest absolute Gasteiger partial charge is 0.493 e. The van der Waals surface area contributed by atoms with Crippen LogP contribution in [0.2, 0.25) is 0 Å². The Labute approximate surface area is 172 Å². The molecule has 1 aliphatic heterocycles. The lowest BCUT2D eigenvalue weighted by Crippen LogP contribution is -2.25. The minimum Gasteiger partial charge on any atom is -0.493 e. The molecular weight excluding hydrogens is 428 g/mol. The van der Waals surface area contributed by atoms with Crippen molar-refractivity contribution < 1.29 is 23.7 Å². The molecule has 28 heavy (non-hydrogen) atoms. The van der Waals surface area contributed by atoms with Gasteiger partial charge in [-0.1, -0.05) is 22.0 Å². The topological polar surface area (TPSA) is 104 Å². The Morgan fingerprint density at radius 2 is 2.14 bits per heavy atom. The fourth-order valence-electron chi connectivity index (χ4n) is 2.91. The number of allylic oxidation sites excluding steroid dienone is 2. The molecule has 0 spiro atoms. The molecule has 0 saturated carbocycles. The van der Waals surface area contributed by atoms with Crippen LogP contribution in [0.4, 0.5) is 0 Å². The van der Waals surface area contributed by atoms with E-state index in [0.29, 0.717) is 29.4 Å². The van der Waals surface area contributed by atoms with Crippen molar-refractivity contribution in [2.45, 2.75) is 26.2 Å². The summed E-state index contributed by atoms with van der Waals surface area (Å²) in [5, 5.41) is 10.5. The van der Waals surface area contributed by atoms with E-state index in [0.717, 1.165) is 11.8 Å². The van der Waals surface area contributed by atoms with Crippen LogP contribution in [-0.4, -0.2) is 31.6 Å². The SMILES string of the molecule is CCOC(=O)C1=C(C)OC(N)=C(C#N)C1c1ccc(OCCCBr)c(OC)c1. The van der Waals surface area contributed by atoms with Crippen LogP contribution in [0.5, 0.6) is 11.5 Å². The number of halogens is 1. The van der Waals surface area contributed by atoms with Crippen molar-refractivity contribution in [1.29, 1.82) is 5.26 Å². The standard InChI is InChI=1S/C20H23BrN2O5/c1-4-26-20(24)17-12(2)28-19(23)14(11-22)18(17)13-6-7-15(16(10-13)25-3)27-9-5-8-21/h6-7,10,18H,4-5,8-9,23H2,1-3H3. The Balaban J connectivity index is 2.51. The maximum absolute atomic E-state index is 12.6. The summed E-state index contributed by atoms with van der Waals surface area (Å²) in [6.07, 6.45) is 0.845. The quantitative estimate of drug-likeness (QED) is 0.367. The maximum Gasteiger partial charge on any atom is 0.338 e. The zero-order chi connectivity index (χ0) is 20.7. The maximum atomic E-state index is 12.6. The number of nitrogens with zero attached hydrogens (tertiary/aromatic N) is 1. The first-order chi connectivity index (χ1) is 13.5.